The number of methoxy groups -OCH3 is 1. The lowest BCUT2D eigenvalue weighted by molar-refractivity contribution is 0.102. The molecule has 1 fully saturated rings. The minimum absolute atomic E-state index is 0.0138. The molecule has 1 aromatic heterocycles. The van der Waals surface area contributed by atoms with E-state index in [-0.39, 0.29) is 11.5 Å². The molecule has 2 aromatic carbocycles. The molecule has 0 atom stereocenters. The van der Waals surface area contributed by atoms with Crippen LogP contribution in [0.5, 0.6) is 5.75 Å². The fourth-order valence-corrected chi connectivity index (χ4v) is 3.96. The molecule has 0 bridgehead atoms. The molecule has 1 heterocycles. The number of nitrogens with zero attached hydrogens (tertiary/aromatic N) is 3. The molecule has 0 N–H and O–H groups in total. The number of halogens is 1. The average Bonchev–Trinajstić information content (AvgIpc) is 3.46. The van der Waals surface area contributed by atoms with Crippen molar-refractivity contribution in [3.63, 3.8) is 0 Å². The number of hydrogen-bond acceptors (Lipinski definition) is 5. The number of carbonyl (C=O) groups excluding carboxylic acids is 1. The van der Waals surface area contributed by atoms with Gasteiger partial charge < -0.3 is 4.74 Å². The minimum atomic E-state index is -0.0138. The molecule has 0 radical (unpaired) electrons. The Balaban J connectivity index is 1.55. The molecule has 138 valence electrons. The van der Waals surface area contributed by atoms with Gasteiger partial charge in [0.05, 0.1) is 17.9 Å². The number of rotatable bonds is 7. The molecule has 0 amide bonds. The smallest absolute Gasteiger partial charge is 0.196 e. The van der Waals surface area contributed by atoms with Crippen LogP contribution in [0.3, 0.4) is 0 Å². The molecule has 3 aromatic rings. The number of ketones is 1. The summed E-state index contributed by atoms with van der Waals surface area (Å²) < 4.78 is 7.20. The Morgan fingerprint density at radius 1 is 1.22 bits per heavy atom. The second kappa shape index (κ2) is 7.74. The topological polar surface area (TPSA) is 57.0 Å². The summed E-state index contributed by atoms with van der Waals surface area (Å²) in [5.41, 5.74) is 1.58. The van der Waals surface area contributed by atoms with Crippen molar-refractivity contribution in [2.24, 2.45) is 0 Å². The summed E-state index contributed by atoms with van der Waals surface area (Å²) in [6, 6.07) is 15.1. The SMILES string of the molecule is COc1ccc(C(=O)CSc2nnc(C3CC3)n2-c2ccccc2)cc1Cl. The lowest BCUT2D eigenvalue weighted by Gasteiger charge is -2.10. The average molecular weight is 400 g/mol. The van der Waals surface area contributed by atoms with Crippen molar-refractivity contribution in [2.75, 3.05) is 12.9 Å². The van der Waals surface area contributed by atoms with E-state index < -0.39 is 0 Å². The Labute approximate surface area is 166 Å². The van der Waals surface area contributed by atoms with Gasteiger partial charge in [-0.15, -0.1) is 10.2 Å². The van der Waals surface area contributed by atoms with Crippen LogP contribution >= 0.6 is 23.4 Å². The zero-order valence-electron chi connectivity index (χ0n) is 14.8. The van der Waals surface area contributed by atoms with E-state index in [1.54, 1.807) is 25.3 Å². The van der Waals surface area contributed by atoms with E-state index in [0.717, 1.165) is 29.5 Å². The summed E-state index contributed by atoms with van der Waals surface area (Å²) in [5, 5.41) is 9.89. The van der Waals surface area contributed by atoms with Crippen molar-refractivity contribution in [1.82, 2.24) is 14.8 Å². The maximum Gasteiger partial charge on any atom is 0.196 e. The van der Waals surface area contributed by atoms with Crippen molar-refractivity contribution in [3.05, 3.63) is 64.9 Å². The Kier molecular flexibility index (Phi) is 5.18. The first kappa shape index (κ1) is 18.1. The van der Waals surface area contributed by atoms with Gasteiger partial charge in [-0.05, 0) is 43.2 Å². The molecular formula is C20H18ClN3O2S. The molecule has 0 spiro atoms. The summed E-state index contributed by atoms with van der Waals surface area (Å²) in [6.07, 6.45) is 2.28. The Bertz CT molecular complexity index is 971. The molecular weight excluding hydrogens is 382 g/mol. The fraction of sp³-hybridized carbons (Fsp3) is 0.250. The molecule has 0 aliphatic heterocycles. The van der Waals surface area contributed by atoms with Gasteiger partial charge >= 0.3 is 0 Å². The first-order chi connectivity index (χ1) is 13.2. The van der Waals surface area contributed by atoms with E-state index in [1.165, 1.54) is 11.8 Å². The van der Waals surface area contributed by atoms with Crippen molar-refractivity contribution in [1.29, 1.82) is 0 Å². The number of carbonyl (C=O) groups is 1. The van der Waals surface area contributed by atoms with Crippen LogP contribution in [0.25, 0.3) is 5.69 Å². The van der Waals surface area contributed by atoms with E-state index in [1.807, 2.05) is 30.3 Å². The second-order valence-corrected chi connectivity index (χ2v) is 7.70. The zero-order valence-corrected chi connectivity index (χ0v) is 16.3. The first-order valence-electron chi connectivity index (χ1n) is 8.67. The number of aromatic nitrogens is 3. The number of thioether (sulfide) groups is 1. The van der Waals surface area contributed by atoms with E-state index in [2.05, 4.69) is 14.8 Å². The number of Topliss-reactive ketones (excluding diaryl/α,β-unsaturated/α-hetero) is 1. The van der Waals surface area contributed by atoms with E-state index >= 15 is 0 Å². The molecule has 0 unspecified atom stereocenters. The third-order valence-electron chi connectivity index (χ3n) is 4.42. The predicted molar refractivity (Wildman–Crippen MR) is 106 cm³/mol. The van der Waals surface area contributed by atoms with Crippen molar-refractivity contribution < 1.29 is 9.53 Å². The molecule has 4 rings (SSSR count). The summed E-state index contributed by atoms with van der Waals surface area (Å²) >= 11 is 7.52. The van der Waals surface area contributed by atoms with Gasteiger partial charge in [0.2, 0.25) is 0 Å². The lowest BCUT2D eigenvalue weighted by Crippen LogP contribution is -2.06. The lowest BCUT2D eigenvalue weighted by atomic mass is 10.1. The molecule has 1 aliphatic rings. The fourth-order valence-electron chi connectivity index (χ4n) is 2.85. The maximum atomic E-state index is 12.6. The summed E-state index contributed by atoms with van der Waals surface area (Å²) in [7, 11) is 1.55. The Hall–Kier alpha value is -2.31. The van der Waals surface area contributed by atoms with Crippen LogP contribution in [0.1, 0.15) is 34.9 Å². The monoisotopic (exact) mass is 399 g/mol. The van der Waals surface area contributed by atoms with Gasteiger partial charge in [0.1, 0.15) is 11.6 Å². The second-order valence-electron chi connectivity index (χ2n) is 6.35. The molecule has 27 heavy (non-hydrogen) atoms. The van der Waals surface area contributed by atoms with Gasteiger partial charge in [0.15, 0.2) is 10.9 Å². The molecule has 1 aliphatic carbocycles. The van der Waals surface area contributed by atoms with Crippen LogP contribution in [0.15, 0.2) is 53.7 Å². The van der Waals surface area contributed by atoms with Gasteiger partial charge in [-0.2, -0.15) is 0 Å². The summed E-state index contributed by atoms with van der Waals surface area (Å²) in [4.78, 5) is 12.6. The molecule has 1 saturated carbocycles. The van der Waals surface area contributed by atoms with Crippen molar-refractivity contribution >= 4 is 29.1 Å². The minimum Gasteiger partial charge on any atom is -0.495 e. The normalized spacial score (nSPS) is 13.6. The van der Waals surface area contributed by atoms with E-state index in [4.69, 9.17) is 16.3 Å². The summed E-state index contributed by atoms with van der Waals surface area (Å²) in [5.74, 6) is 2.24. The van der Waals surface area contributed by atoms with E-state index in [9.17, 15) is 4.79 Å². The molecule has 7 heteroatoms. The highest BCUT2D eigenvalue weighted by atomic mass is 35.5. The van der Waals surface area contributed by atoms with Gasteiger partial charge in [0.25, 0.3) is 0 Å². The first-order valence-corrected chi connectivity index (χ1v) is 10.0. The highest BCUT2D eigenvalue weighted by Gasteiger charge is 2.31. The standard InChI is InChI=1S/C20H18ClN3O2S/c1-26-18-10-9-14(11-16(18)21)17(25)12-27-20-23-22-19(13-7-8-13)24(20)15-5-3-2-4-6-15/h2-6,9-11,13H,7-8,12H2,1H3. The number of ether oxygens (including phenoxy) is 1. The Morgan fingerprint density at radius 2 is 2.00 bits per heavy atom. The molecule has 0 saturated heterocycles. The third-order valence-corrected chi connectivity index (χ3v) is 5.65. The van der Waals surface area contributed by atoms with Crippen molar-refractivity contribution in [3.8, 4) is 11.4 Å². The maximum absolute atomic E-state index is 12.6. The van der Waals surface area contributed by atoms with Crippen LogP contribution in [-0.2, 0) is 0 Å². The van der Waals surface area contributed by atoms with Crippen molar-refractivity contribution in [2.45, 2.75) is 23.9 Å². The number of para-hydroxylation sites is 1. The predicted octanol–water partition coefficient (Wildman–Crippen LogP) is 4.78. The number of benzene rings is 2. The van der Waals surface area contributed by atoms with Crippen LogP contribution in [0, 0.1) is 0 Å². The van der Waals surface area contributed by atoms with Gasteiger partial charge in [-0.1, -0.05) is 41.6 Å². The van der Waals surface area contributed by atoms with Crippen LogP contribution < -0.4 is 4.74 Å². The highest BCUT2D eigenvalue weighted by molar-refractivity contribution is 7.99. The quantitative estimate of drug-likeness (QED) is 0.422. The third kappa shape index (κ3) is 3.87. The molecule has 5 nitrogen and oxygen atoms in total. The van der Waals surface area contributed by atoms with Gasteiger partial charge in [0, 0.05) is 17.2 Å². The summed E-state index contributed by atoms with van der Waals surface area (Å²) in [6.45, 7) is 0. The van der Waals surface area contributed by atoms with Crippen LogP contribution in [0.2, 0.25) is 5.02 Å². The Morgan fingerprint density at radius 3 is 2.67 bits per heavy atom. The number of hydrogen-bond donors (Lipinski definition) is 0. The van der Waals surface area contributed by atoms with Gasteiger partial charge in [-0.3, -0.25) is 9.36 Å². The largest absolute Gasteiger partial charge is 0.495 e. The highest BCUT2D eigenvalue weighted by Crippen LogP contribution is 2.41. The van der Waals surface area contributed by atoms with Crippen LogP contribution in [-0.4, -0.2) is 33.4 Å². The van der Waals surface area contributed by atoms with E-state index in [0.29, 0.717) is 22.3 Å². The van der Waals surface area contributed by atoms with Crippen LogP contribution in [0.4, 0.5) is 0 Å². The van der Waals surface area contributed by atoms with Gasteiger partial charge in [-0.25, -0.2) is 0 Å². The zero-order chi connectivity index (χ0) is 18.8.